The molecule has 0 spiro atoms. The minimum Gasteiger partial charge on any atom is -0.480 e. The second kappa shape index (κ2) is 11.5. The summed E-state index contributed by atoms with van der Waals surface area (Å²) in [6.07, 6.45) is 1.21. The number of nitrogens with one attached hydrogen (secondary N) is 3. The van der Waals surface area contributed by atoms with E-state index in [0.717, 1.165) is 0 Å². The number of carbonyl (C=O) groups excluding carboxylic acids is 3. The van der Waals surface area contributed by atoms with Crippen LogP contribution in [-0.4, -0.2) is 53.0 Å². The number of hydrogen-bond donors (Lipinski definition) is 5. The van der Waals surface area contributed by atoms with E-state index in [4.69, 9.17) is 5.73 Å². The van der Waals surface area contributed by atoms with Gasteiger partial charge in [-0.15, -0.1) is 0 Å². The molecule has 0 saturated carbocycles. The van der Waals surface area contributed by atoms with Gasteiger partial charge in [0.1, 0.15) is 18.1 Å². The van der Waals surface area contributed by atoms with Crippen LogP contribution in [0.1, 0.15) is 54.4 Å². The van der Waals surface area contributed by atoms with Crippen LogP contribution in [0.5, 0.6) is 0 Å². The van der Waals surface area contributed by atoms with Gasteiger partial charge in [0, 0.05) is 0 Å². The molecule has 6 atom stereocenters. The Morgan fingerprint density at radius 1 is 0.778 bits per heavy atom. The Labute approximate surface area is 160 Å². The molecule has 0 bridgehead atoms. The van der Waals surface area contributed by atoms with Crippen LogP contribution in [0.3, 0.4) is 0 Å². The smallest absolute Gasteiger partial charge is 0.326 e. The van der Waals surface area contributed by atoms with Gasteiger partial charge in [-0.05, 0) is 25.7 Å². The van der Waals surface area contributed by atoms with E-state index in [0.29, 0.717) is 12.8 Å². The molecule has 3 amide bonds. The van der Waals surface area contributed by atoms with Crippen LogP contribution in [0.15, 0.2) is 0 Å². The number of carbonyl (C=O) groups is 4. The van der Waals surface area contributed by atoms with Crippen molar-refractivity contribution in [3.05, 3.63) is 0 Å². The van der Waals surface area contributed by atoms with Crippen molar-refractivity contribution >= 4 is 23.7 Å². The van der Waals surface area contributed by atoms with E-state index in [9.17, 15) is 24.3 Å². The van der Waals surface area contributed by atoms with Crippen LogP contribution in [-0.2, 0) is 19.2 Å². The normalized spacial score (nSPS) is 17.6. The van der Waals surface area contributed by atoms with Crippen LogP contribution in [0.2, 0.25) is 0 Å². The standard InChI is InChI=1S/C18H34N4O5/c1-7-9(3)13(21-15(23)11(5)19)17(25)20-12(6)16(24)22-14(18(26)27)10(4)8-2/h9-14H,7-8,19H2,1-6H3,(H,20,25)(H,21,23)(H,22,24)(H,26,27)/t9-,10-,11-,12-,13-,14-/m0/s1. The molecule has 0 heterocycles. The van der Waals surface area contributed by atoms with Crippen LogP contribution in [0.25, 0.3) is 0 Å². The summed E-state index contributed by atoms with van der Waals surface area (Å²) in [5.74, 6) is -3.13. The summed E-state index contributed by atoms with van der Waals surface area (Å²) in [5, 5.41) is 16.9. The molecule has 0 rings (SSSR count). The molecule has 156 valence electrons. The summed E-state index contributed by atoms with van der Waals surface area (Å²) in [4.78, 5) is 48.1. The summed E-state index contributed by atoms with van der Waals surface area (Å²) < 4.78 is 0. The van der Waals surface area contributed by atoms with Crippen LogP contribution >= 0.6 is 0 Å². The SMILES string of the molecule is CC[C@H](C)[C@H](NC(=O)[C@H](C)NC(=O)[C@@H](NC(=O)[C@H](C)N)[C@@H](C)CC)C(=O)O. The van der Waals surface area contributed by atoms with E-state index >= 15 is 0 Å². The molecule has 0 fully saturated rings. The highest BCUT2D eigenvalue weighted by Gasteiger charge is 2.31. The molecule has 27 heavy (non-hydrogen) atoms. The molecule has 9 nitrogen and oxygen atoms in total. The Balaban J connectivity index is 5.07. The molecule has 0 aliphatic carbocycles. The third-order valence-electron chi connectivity index (χ3n) is 4.74. The fourth-order valence-corrected chi connectivity index (χ4v) is 2.32. The van der Waals surface area contributed by atoms with E-state index in [-0.39, 0.29) is 11.8 Å². The second-order valence-corrected chi connectivity index (χ2v) is 7.10. The van der Waals surface area contributed by atoms with E-state index in [1.807, 2.05) is 13.8 Å². The van der Waals surface area contributed by atoms with E-state index in [1.165, 1.54) is 13.8 Å². The van der Waals surface area contributed by atoms with Crippen molar-refractivity contribution in [2.75, 3.05) is 0 Å². The first-order valence-electron chi connectivity index (χ1n) is 9.35. The highest BCUT2D eigenvalue weighted by molar-refractivity contribution is 5.94. The van der Waals surface area contributed by atoms with Crippen LogP contribution in [0.4, 0.5) is 0 Å². The molecule has 0 aliphatic heterocycles. The molecule has 0 aromatic carbocycles. The van der Waals surface area contributed by atoms with Gasteiger partial charge in [0.15, 0.2) is 0 Å². The lowest BCUT2D eigenvalue weighted by Gasteiger charge is -2.27. The molecule has 0 saturated heterocycles. The maximum Gasteiger partial charge on any atom is 0.326 e. The third kappa shape index (κ3) is 7.94. The number of hydrogen-bond acceptors (Lipinski definition) is 5. The number of amides is 3. The van der Waals surface area contributed by atoms with Crippen molar-refractivity contribution in [3.63, 3.8) is 0 Å². The quantitative estimate of drug-likeness (QED) is 0.337. The van der Waals surface area contributed by atoms with Gasteiger partial charge in [-0.2, -0.15) is 0 Å². The zero-order chi connectivity index (χ0) is 21.3. The van der Waals surface area contributed by atoms with Crippen molar-refractivity contribution < 1.29 is 24.3 Å². The molecule has 0 radical (unpaired) electrons. The van der Waals surface area contributed by atoms with Crippen molar-refractivity contribution in [2.24, 2.45) is 17.6 Å². The zero-order valence-corrected chi connectivity index (χ0v) is 17.0. The lowest BCUT2D eigenvalue weighted by molar-refractivity contribution is -0.143. The fourth-order valence-electron chi connectivity index (χ4n) is 2.32. The molecular weight excluding hydrogens is 352 g/mol. The topological polar surface area (TPSA) is 151 Å². The fraction of sp³-hybridized carbons (Fsp3) is 0.778. The van der Waals surface area contributed by atoms with E-state index in [2.05, 4.69) is 16.0 Å². The number of carboxylic acid groups (broad SMARTS) is 1. The first-order valence-corrected chi connectivity index (χ1v) is 9.35. The van der Waals surface area contributed by atoms with Crippen LogP contribution < -0.4 is 21.7 Å². The Morgan fingerprint density at radius 2 is 1.22 bits per heavy atom. The second-order valence-electron chi connectivity index (χ2n) is 7.10. The molecule has 9 heteroatoms. The van der Waals surface area contributed by atoms with Crippen molar-refractivity contribution in [1.82, 2.24) is 16.0 Å². The maximum absolute atomic E-state index is 12.6. The Bertz CT molecular complexity index is 538. The number of rotatable bonds is 11. The predicted molar refractivity (Wildman–Crippen MR) is 102 cm³/mol. The largest absolute Gasteiger partial charge is 0.480 e. The number of aliphatic carboxylic acids is 1. The Hall–Kier alpha value is -2.16. The van der Waals surface area contributed by atoms with Gasteiger partial charge < -0.3 is 26.8 Å². The minimum absolute atomic E-state index is 0.171. The van der Waals surface area contributed by atoms with Crippen molar-refractivity contribution in [3.8, 4) is 0 Å². The zero-order valence-electron chi connectivity index (χ0n) is 17.0. The van der Waals surface area contributed by atoms with Gasteiger partial charge in [0.2, 0.25) is 17.7 Å². The van der Waals surface area contributed by atoms with Gasteiger partial charge >= 0.3 is 5.97 Å². The molecule has 0 unspecified atom stereocenters. The van der Waals surface area contributed by atoms with Gasteiger partial charge in [-0.25, -0.2) is 4.79 Å². The minimum atomic E-state index is -1.13. The summed E-state index contributed by atoms with van der Waals surface area (Å²) in [6, 6.07) is -3.60. The summed E-state index contributed by atoms with van der Waals surface area (Å²) >= 11 is 0. The monoisotopic (exact) mass is 386 g/mol. The van der Waals surface area contributed by atoms with Gasteiger partial charge in [-0.3, -0.25) is 14.4 Å². The molecule has 0 aromatic rings. The predicted octanol–water partition coefficient (Wildman–Crippen LogP) is -0.0153. The van der Waals surface area contributed by atoms with Crippen molar-refractivity contribution in [1.29, 1.82) is 0 Å². The Kier molecular flexibility index (Phi) is 10.6. The molecule has 0 aliphatic rings. The van der Waals surface area contributed by atoms with Crippen LogP contribution in [0, 0.1) is 11.8 Å². The lowest BCUT2D eigenvalue weighted by atomic mass is 9.97. The first-order chi connectivity index (χ1) is 12.5. The first kappa shape index (κ1) is 24.8. The number of carboxylic acids is 1. The summed E-state index contributed by atoms with van der Waals surface area (Å²) in [6.45, 7) is 10.2. The van der Waals surface area contributed by atoms with E-state index in [1.54, 1.807) is 13.8 Å². The Morgan fingerprint density at radius 3 is 1.63 bits per heavy atom. The highest BCUT2D eigenvalue weighted by Crippen LogP contribution is 2.10. The van der Waals surface area contributed by atoms with Crippen molar-refractivity contribution in [2.45, 2.75) is 78.6 Å². The lowest BCUT2D eigenvalue weighted by Crippen LogP contribution is -2.58. The average molecular weight is 386 g/mol. The summed E-state index contributed by atoms with van der Waals surface area (Å²) in [7, 11) is 0. The summed E-state index contributed by atoms with van der Waals surface area (Å²) in [5.41, 5.74) is 5.54. The number of nitrogens with two attached hydrogens (primary N) is 1. The maximum atomic E-state index is 12.6. The molecule has 0 aromatic heterocycles. The van der Waals surface area contributed by atoms with Gasteiger partial charge in [0.05, 0.1) is 6.04 Å². The average Bonchev–Trinajstić information content (AvgIpc) is 2.61. The third-order valence-corrected chi connectivity index (χ3v) is 4.74. The molecule has 6 N–H and O–H groups in total. The van der Waals surface area contributed by atoms with Gasteiger partial charge in [-0.1, -0.05) is 40.5 Å². The molecular formula is C18H34N4O5. The van der Waals surface area contributed by atoms with Gasteiger partial charge in [0.25, 0.3) is 0 Å². The highest BCUT2D eigenvalue weighted by atomic mass is 16.4. The van der Waals surface area contributed by atoms with E-state index < -0.39 is 47.9 Å².